The first kappa shape index (κ1) is 13.8. The number of halogens is 1. The molecule has 2 N–H and O–H groups in total. The van der Waals surface area contributed by atoms with Gasteiger partial charge in [-0.05, 0) is 17.7 Å². The van der Waals surface area contributed by atoms with Crippen molar-refractivity contribution in [3.63, 3.8) is 0 Å². The molecule has 0 saturated carbocycles. The molecule has 17 heavy (non-hydrogen) atoms. The predicted molar refractivity (Wildman–Crippen MR) is 66.3 cm³/mol. The number of aliphatic hydroxyl groups excluding tert-OH is 1. The van der Waals surface area contributed by atoms with Crippen molar-refractivity contribution in [1.82, 2.24) is 5.32 Å². The lowest BCUT2D eigenvalue weighted by atomic mass is 10.1. The fraction of sp³-hybridized carbons (Fsp3) is 0.417. The van der Waals surface area contributed by atoms with E-state index in [0.717, 1.165) is 11.3 Å². The molecule has 1 amide bonds. The van der Waals surface area contributed by atoms with Crippen molar-refractivity contribution in [3.8, 4) is 5.75 Å². The van der Waals surface area contributed by atoms with Crippen LogP contribution in [0.2, 0.25) is 0 Å². The second kappa shape index (κ2) is 7.14. The van der Waals surface area contributed by atoms with Crippen LogP contribution in [0.5, 0.6) is 5.75 Å². The van der Waals surface area contributed by atoms with E-state index in [-0.39, 0.29) is 24.8 Å². The summed E-state index contributed by atoms with van der Waals surface area (Å²) in [4.78, 5) is 11.2. The van der Waals surface area contributed by atoms with Crippen molar-refractivity contribution >= 4 is 17.5 Å². The van der Waals surface area contributed by atoms with Gasteiger partial charge in [-0.3, -0.25) is 4.79 Å². The van der Waals surface area contributed by atoms with E-state index in [9.17, 15) is 9.90 Å². The summed E-state index contributed by atoms with van der Waals surface area (Å²) in [5.74, 6) is 0.851. The van der Waals surface area contributed by atoms with Gasteiger partial charge in [0.2, 0.25) is 5.91 Å². The Morgan fingerprint density at radius 2 is 2.12 bits per heavy atom. The molecule has 1 rings (SSSR count). The Morgan fingerprint density at radius 3 is 2.65 bits per heavy atom. The fourth-order valence-electron chi connectivity index (χ4n) is 1.33. The molecule has 0 fully saturated rings. The van der Waals surface area contributed by atoms with E-state index in [0.29, 0.717) is 0 Å². The molecule has 0 aromatic heterocycles. The summed E-state index contributed by atoms with van der Waals surface area (Å²) in [6.45, 7) is 0.183. The number of methoxy groups -OCH3 is 1. The molecule has 0 spiro atoms. The number of rotatable bonds is 6. The van der Waals surface area contributed by atoms with Gasteiger partial charge in [-0.15, -0.1) is 11.6 Å². The van der Waals surface area contributed by atoms with Gasteiger partial charge in [0.15, 0.2) is 0 Å². The van der Waals surface area contributed by atoms with Crippen molar-refractivity contribution in [2.75, 3.05) is 19.5 Å². The van der Waals surface area contributed by atoms with E-state index in [2.05, 4.69) is 5.32 Å². The van der Waals surface area contributed by atoms with Crippen molar-refractivity contribution in [2.24, 2.45) is 0 Å². The molecule has 1 aromatic carbocycles. The maximum atomic E-state index is 11.2. The van der Waals surface area contributed by atoms with Gasteiger partial charge in [-0.1, -0.05) is 12.1 Å². The van der Waals surface area contributed by atoms with Gasteiger partial charge in [0, 0.05) is 18.8 Å². The normalized spacial score (nSPS) is 11.9. The molecule has 1 aromatic rings. The van der Waals surface area contributed by atoms with Crippen molar-refractivity contribution < 1.29 is 14.6 Å². The Hall–Kier alpha value is -1.26. The van der Waals surface area contributed by atoms with E-state index in [1.165, 1.54) is 0 Å². The molecule has 5 heteroatoms. The zero-order valence-corrected chi connectivity index (χ0v) is 10.4. The summed E-state index contributed by atoms with van der Waals surface area (Å²) in [6, 6.07) is 7.05. The van der Waals surface area contributed by atoms with Crippen LogP contribution in [-0.2, 0) is 4.79 Å². The topological polar surface area (TPSA) is 58.6 Å². The highest BCUT2D eigenvalue weighted by Gasteiger charge is 2.09. The van der Waals surface area contributed by atoms with Crippen molar-refractivity contribution in [3.05, 3.63) is 29.8 Å². The van der Waals surface area contributed by atoms with Crippen LogP contribution in [0.4, 0.5) is 0 Å². The zero-order valence-electron chi connectivity index (χ0n) is 9.65. The molecule has 1 unspecified atom stereocenters. The van der Waals surface area contributed by atoms with Gasteiger partial charge in [0.25, 0.3) is 0 Å². The summed E-state index contributed by atoms with van der Waals surface area (Å²) in [5, 5.41) is 12.4. The molecule has 0 heterocycles. The molecule has 0 aliphatic rings. The van der Waals surface area contributed by atoms with Gasteiger partial charge in [-0.2, -0.15) is 0 Å². The average Bonchev–Trinajstić information content (AvgIpc) is 2.36. The summed E-state index contributed by atoms with van der Waals surface area (Å²) in [6.07, 6.45) is -0.461. The second-order valence-electron chi connectivity index (χ2n) is 3.53. The lowest BCUT2D eigenvalue weighted by molar-refractivity contribution is -0.121. The Kier molecular flexibility index (Phi) is 5.80. The number of alkyl halides is 1. The van der Waals surface area contributed by atoms with Crippen LogP contribution < -0.4 is 10.1 Å². The Bertz CT molecular complexity index is 353. The quantitative estimate of drug-likeness (QED) is 0.759. The highest BCUT2D eigenvalue weighted by Crippen LogP contribution is 2.16. The van der Waals surface area contributed by atoms with Crippen molar-refractivity contribution in [1.29, 1.82) is 0 Å². The van der Waals surface area contributed by atoms with Crippen LogP contribution >= 0.6 is 11.6 Å². The van der Waals surface area contributed by atoms with Crippen LogP contribution in [0.25, 0.3) is 0 Å². The number of hydrogen-bond acceptors (Lipinski definition) is 3. The molecule has 0 radical (unpaired) electrons. The highest BCUT2D eigenvalue weighted by atomic mass is 35.5. The number of ether oxygens (including phenoxy) is 1. The first-order valence-electron chi connectivity index (χ1n) is 5.32. The molecule has 0 saturated heterocycles. The van der Waals surface area contributed by atoms with E-state index in [1.807, 2.05) is 0 Å². The van der Waals surface area contributed by atoms with E-state index in [1.54, 1.807) is 31.4 Å². The zero-order chi connectivity index (χ0) is 12.7. The summed E-state index contributed by atoms with van der Waals surface area (Å²) < 4.78 is 5.01. The van der Waals surface area contributed by atoms with E-state index >= 15 is 0 Å². The minimum atomic E-state index is -0.722. The maximum absolute atomic E-state index is 11.2. The number of amides is 1. The van der Waals surface area contributed by atoms with Crippen LogP contribution in [0.3, 0.4) is 0 Å². The SMILES string of the molecule is COc1ccc(C(O)CNC(=O)CCCl)cc1. The van der Waals surface area contributed by atoms with Crippen LogP contribution in [0, 0.1) is 0 Å². The lowest BCUT2D eigenvalue weighted by Gasteiger charge is -2.12. The first-order chi connectivity index (χ1) is 8.17. The minimum absolute atomic E-state index is 0.160. The minimum Gasteiger partial charge on any atom is -0.497 e. The van der Waals surface area contributed by atoms with Gasteiger partial charge >= 0.3 is 0 Å². The number of hydrogen-bond donors (Lipinski definition) is 2. The number of carbonyl (C=O) groups is 1. The van der Waals surface area contributed by atoms with Crippen LogP contribution in [-0.4, -0.2) is 30.5 Å². The average molecular weight is 258 g/mol. The van der Waals surface area contributed by atoms with Crippen LogP contribution in [0.1, 0.15) is 18.1 Å². The van der Waals surface area contributed by atoms with Gasteiger partial charge in [-0.25, -0.2) is 0 Å². The number of carbonyl (C=O) groups excluding carboxylic acids is 1. The molecular weight excluding hydrogens is 242 g/mol. The standard InChI is InChI=1S/C12H16ClNO3/c1-17-10-4-2-9(3-5-10)11(15)8-14-12(16)6-7-13/h2-5,11,15H,6-8H2,1H3,(H,14,16). The molecule has 4 nitrogen and oxygen atoms in total. The highest BCUT2D eigenvalue weighted by molar-refractivity contribution is 6.18. The third-order valence-electron chi connectivity index (χ3n) is 2.31. The summed E-state index contributed by atoms with van der Waals surface area (Å²) >= 11 is 5.42. The van der Waals surface area contributed by atoms with Gasteiger partial charge < -0.3 is 15.2 Å². The number of nitrogens with one attached hydrogen (secondary N) is 1. The second-order valence-corrected chi connectivity index (χ2v) is 3.91. The predicted octanol–water partition coefficient (Wildman–Crippen LogP) is 1.47. The maximum Gasteiger partial charge on any atom is 0.221 e. The molecular formula is C12H16ClNO3. The van der Waals surface area contributed by atoms with Gasteiger partial charge in [0.1, 0.15) is 5.75 Å². The Labute approximate surface area is 106 Å². The smallest absolute Gasteiger partial charge is 0.221 e. The Morgan fingerprint density at radius 1 is 1.47 bits per heavy atom. The third kappa shape index (κ3) is 4.63. The van der Waals surface area contributed by atoms with E-state index in [4.69, 9.17) is 16.3 Å². The van der Waals surface area contributed by atoms with Gasteiger partial charge in [0.05, 0.1) is 13.2 Å². The van der Waals surface area contributed by atoms with E-state index < -0.39 is 6.10 Å². The summed E-state index contributed by atoms with van der Waals surface area (Å²) in [7, 11) is 1.58. The molecule has 1 atom stereocenters. The first-order valence-corrected chi connectivity index (χ1v) is 5.85. The molecule has 0 aliphatic carbocycles. The largest absolute Gasteiger partial charge is 0.497 e. The monoisotopic (exact) mass is 257 g/mol. The molecule has 0 aliphatic heterocycles. The third-order valence-corrected chi connectivity index (χ3v) is 2.50. The van der Waals surface area contributed by atoms with Crippen molar-refractivity contribution in [2.45, 2.75) is 12.5 Å². The molecule has 0 bridgehead atoms. The lowest BCUT2D eigenvalue weighted by Crippen LogP contribution is -2.28. The molecule has 94 valence electrons. The fourth-order valence-corrected chi connectivity index (χ4v) is 1.50. The summed E-state index contributed by atoms with van der Waals surface area (Å²) in [5.41, 5.74) is 0.733. The van der Waals surface area contributed by atoms with Crippen LogP contribution in [0.15, 0.2) is 24.3 Å². The number of benzene rings is 1. The number of aliphatic hydroxyl groups is 1. The Balaban J connectivity index is 2.46.